The summed E-state index contributed by atoms with van der Waals surface area (Å²) in [6.07, 6.45) is 0.231. The van der Waals surface area contributed by atoms with Gasteiger partial charge in [-0.25, -0.2) is 0 Å². The fourth-order valence-electron chi connectivity index (χ4n) is 2.82. The van der Waals surface area contributed by atoms with Gasteiger partial charge in [-0.3, -0.25) is 9.59 Å². The van der Waals surface area contributed by atoms with E-state index < -0.39 is 0 Å². The molecule has 0 bridgehead atoms. The van der Waals surface area contributed by atoms with Crippen LogP contribution in [-0.2, 0) is 9.59 Å². The number of carbonyl (C=O) groups is 2. The lowest BCUT2D eigenvalue weighted by atomic mass is 10.1. The zero-order chi connectivity index (χ0) is 18.5. The summed E-state index contributed by atoms with van der Waals surface area (Å²) in [5.74, 6) is 1.13. The fourth-order valence-corrected chi connectivity index (χ4v) is 2.82. The Morgan fingerprint density at radius 2 is 2.00 bits per heavy atom. The van der Waals surface area contributed by atoms with E-state index >= 15 is 0 Å². The second-order valence-electron chi connectivity index (χ2n) is 6.29. The lowest BCUT2D eigenvalue weighted by molar-refractivity contribution is -0.121. The van der Waals surface area contributed by atoms with E-state index in [-0.39, 0.29) is 30.9 Å². The van der Waals surface area contributed by atoms with Gasteiger partial charge in [0.05, 0.1) is 18.7 Å². The normalized spacial score (nSPS) is 13.2. The number of anilines is 2. The quantitative estimate of drug-likeness (QED) is 0.865. The molecule has 136 valence electrons. The molecule has 26 heavy (non-hydrogen) atoms. The smallest absolute Gasteiger partial charge is 0.265 e. The molecule has 3 rings (SSSR count). The first-order valence-corrected chi connectivity index (χ1v) is 8.61. The van der Waals surface area contributed by atoms with Crippen LogP contribution < -0.4 is 19.7 Å². The molecule has 0 aromatic heterocycles. The van der Waals surface area contributed by atoms with Crippen molar-refractivity contribution in [3.8, 4) is 11.5 Å². The van der Waals surface area contributed by atoms with Crippen LogP contribution in [-0.4, -0.2) is 31.1 Å². The van der Waals surface area contributed by atoms with Crippen LogP contribution in [0.1, 0.15) is 20.3 Å². The molecule has 0 atom stereocenters. The molecule has 0 saturated heterocycles. The molecule has 0 unspecified atom stereocenters. The van der Waals surface area contributed by atoms with Gasteiger partial charge in [0.25, 0.3) is 5.91 Å². The molecule has 6 nitrogen and oxygen atoms in total. The van der Waals surface area contributed by atoms with Gasteiger partial charge in [-0.1, -0.05) is 18.2 Å². The second-order valence-corrected chi connectivity index (χ2v) is 6.29. The summed E-state index contributed by atoms with van der Waals surface area (Å²) in [5.41, 5.74) is 1.30. The number of para-hydroxylation sites is 1. The van der Waals surface area contributed by atoms with E-state index in [4.69, 9.17) is 9.47 Å². The number of ether oxygens (including phenoxy) is 2. The minimum atomic E-state index is -0.153. The maximum absolute atomic E-state index is 12.1. The molecule has 2 aromatic rings. The van der Waals surface area contributed by atoms with Crippen LogP contribution >= 0.6 is 0 Å². The van der Waals surface area contributed by atoms with Crippen LogP contribution in [0.3, 0.4) is 0 Å². The van der Waals surface area contributed by atoms with Crippen LogP contribution in [0.15, 0.2) is 48.5 Å². The Labute approximate surface area is 152 Å². The molecule has 0 radical (unpaired) electrons. The van der Waals surface area contributed by atoms with Crippen molar-refractivity contribution in [3.05, 3.63) is 48.5 Å². The average molecular weight is 354 g/mol. The highest BCUT2D eigenvalue weighted by atomic mass is 16.5. The molecule has 1 aliphatic heterocycles. The van der Waals surface area contributed by atoms with E-state index in [1.807, 2.05) is 44.2 Å². The Balaban J connectivity index is 1.61. The summed E-state index contributed by atoms with van der Waals surface area (Å²) in [5, 5.41) is 2.84. The summed E-state index contributed by atoms with van der Waals surface area (Å²) < 4.78 is 11.0. The number of amides is 2. The monoisotopic (exact) mass is 354 g/mol. The molecule has 1 N–H and O–H groups in total. The predicted molar refractivity (Wildman–Crippen MR) is 99.7 cm³/mol. The van der Waals surface area contributed by atoms with E-state index in [1.165, 1.54) is 0 Å². The SMILES string of the molecule is CC(C)N1C(=O)COc2ccc(NC(=O)CCOc3ccccc3)cc21. The number of benzene rings is 2. The highest BCUT2D eigenvalue weighted by Crippen LogP contribution is 2.35. The molecule has 0 aliphatic carbocycles. The van der Waals surface area contributed by atoms with E-state index in [9.17, 15) is 9.59 Å². The summed E-state index contributed by atoms with van der Waals surface area (Å²) in [7, 11) is 0. The molecule has 0 fully saturated rings. The third-order valence-electron chi connectivity index (χ3n) is 3.98. The Hall–Kier alpha value is -3.02. The standard InChI is InChI=1S/C20H22N2O4/c1-14(2)22-17-12-15(8-9-18(17)26-13-20(22)24)21-19(23)10-11-25-16-6-4-3-5-7-16/h3-9,12,14H,10-11,13H2,1-2H3,(H,21,23). The van der Waals surface area contributed by atoms with Gasteiger partial charge >= 0.3 is 0 Å². The lowest BCUT2D eigenvalue weighted by Crippen LogP contribution is -2.43. The highest BCUT2D eigenvalue weighted by molar-refractivity contribution is 6.00. The number of hydrogen-bond acceptors (Lipinski definition) is 4. The van der Waals surface area contributed by atoms with Crippen molar-refractivity contribution in [2.45, 2.75) is 26.3 Å². The lowest BCUT2D eigenvalue weighted by Gasteiger charge is -2.32. The van der Waals surface area contributed by atoms with Crippen molar-refractivity contribution in [1.82, 2.24) is 0 Å². The Kier molecular flexibility index (Phi) is 5.41. The zero-order valence-electron chi connectivity index (χ0n) is 14.9. The molecular formula is C20H22N2O4. The van der Waals surface area contributed by atoms with Gasteiger partial charge in [0.15, 0.2) is 6.61 Å². The first-order chi connectivity index (χ1) is 12.5. The van der Waals surface area contributed by atoms with E-state index in [2.05, 4.69) is 5.32 Å². The summed E-state index contributed by atoms with van der Waals surface area (Å²) in [6, 6.07) is 14.7. The fraction of sp³-hybridized carbons (Fsp3) is 0.300. The number of hydrogen-bond donors (Lipinski definition) is 1. The molecule has 1 heterocycles. The van der Waals surface area contributed by atoms with Gasteiger partial charge < -0.3 is 19.7 Å². The minimum Gasteiger partial charge on any atom is -0.493 e. The minimum absolute atomic E-state index is 0.00961. The van der Waals surface area contributed by atoms with Crippen LogP contribution in [0, 0.1) is 0 Å². The largest absolute Gasteiger partial charge is 0.493 e. The van der Waals surface area contributed by atoms with E-state index in [0.717, 1.165) is 5.75 Å². The van der Waals surface area contributed by atoms with Crippen molar-refractivity contribution in [1.29, 1.82) is 0 Å². The average Bonchev–Trinajstić information content (AvgIpc) is 2.62. The van der Waals surface area contributed by atoms with Gasteiger partial charge in [0.1, 0.15) is 11.5 Å². The number of rotatable bonds is 6. The van der Waals surface area contributed by atoms with E-state index in [1.54, 1.807) is 23.1 Å². The van der Waals surface area contributed by atoms with Crippen molar-refractivity contribution in [2.24, 2.45) is 0 Å². The third kappa shape index (κ3) is 4.14. The molecule has 2 aromatic carbocycles. The second kappa shape index (κ2) is 7.91. The maximum Gasteiger partial charge on any atom is 0.265 e. The van der Waals surface area contributed by atoms with Crippen molar-refractivity contribution in [3.63, 3.8) is 0 Å². The van der Waals surface area contributed by atoms with Gasteiger partial charge in [-0.15, -0.1) is 0 Å². The summed E-state index contributed by atoms with van der Waals surface area (Å²) >= 11 is 0. The molecule has 0 saturated carbocycles. The maximum atomic E-state index is 12.1. The highest BCUT2D eigenvalue weighted by Gasteiger charge is 2.27. The Morgan fingerprint density at radius 3 is 2.73 bits per heavy atom. The number of nitrogens with one attached hydrogen (secondary N) is 1. The number of nitrogens with zero attached hydrogens (tertiary/aromatic N) is 1. The Bertz CT molecular complexity index is 790. The van der Waals surface area contributed by atoms with Crippen LogP contribution in [0.4, 0.5) is 11.4 Å². The molecule has 1 aliphatic rings. The van der Waals surface area contributed by atoms with E-state index in [0.29, 0.717) is 23.7 Å². The van der Waals surface area contributed by atoms with Gasteiger partial charge in [0.2, 0.25) is 5.91 Å². The Morgan fingerprint density at radius 1 is 1.23 bits per heavy atom. The first kappa shape index (κ1) is 17.8. The van der Waals surface area contributed by atoms with Gasteiger partial charge in [0, 0.05) is 11.7 Å². The topological polar surface area (TPSA) is 67.9 Å². The molecule has 0 spiro atoms. The van der Waals surface area contributed by atoms with Crippen molar-refractivity contribution < 1.29 is 19.1 Å². The van der Waals surface area contributed by atoms with Crippen LogP contribution in [0.5, 0.6) is 11.5 Å². The van der Waals surface area contributed by atoms with Crippen LogP contribution in [0.25, 0.3) is 0 Å². The summed E-state index contributed by atoms with van der Waals surface area (Å²) in [4.78, 5) is 25.9. The first-order valence-electron chi connectivity index (χ1n) is 8.61. The van der Waals surface area contributed by atoms with Crippen molar-refractivity contribution >= 4 is 23.2 Å². The van der Waals surface area contributed by atoms with Gasteiger partial charge in [-0.2, -0.15) is 0 Å². The summed E-state index contributed by atoms with van der Waals surface area (Å²) in [6.45, 7) is 4.21. The number of carbonyl (C=O) groups excluding carboxylic acids is 2. The molecular weight excluding hydrogens is 332 g/mol. The van der Waals surface area contributed by atoms with Crippen molar-refractivity contribution in [2.75, 3.05) is 23.4 Å². The van der Waals surface area contributed by atoms with Crippen LogP contribution in [0.2, 0.25) is 0 Å². The predicted octanol–water partition coefficient (Wildman–Crippen LogP) is 3.23. The molecule has 6 heteroatoms. The zero-order valence-corrected chi connectivity index (χ0v) is 14.9. The molecule has 2 amide bonds. The van der Waals surface area contributed by atoms with Gasteiger partial charge in [-0.05, 0) is 44.2 Å². The third-order valence-corrected chi connectivity index (χ3v) is 3.98. The number of fused-ring (bicyclic) bond motifs is 1.